The van der Waals surface area contributed by atoms with Gasteiger partial charge in [0, 0.05) is 11.4 Å². The van der Waals surface area contributed by atoms with Crippen LogP contribution in [0.3, 0.4) is 0 Å². The van der Waals surface area contributed by atoms with Crippen LogP contribution in [0.4, 0.5) is 4.79 Å². The van der Waals surface area contributed by atoms with Crippen molar-refractivity contribution < 1.29 is 9.53 Å². The van der Waals surface area contributed by atoms with Crippen LogP contribution in [0, 0.1) is 13.8 Å². The molecular weight excluding hydrogens is 208 g/mol. The van der Waals surface area contributed by atoms with E-state index in [9.17, 15) is 4.79 Å². The van der Waals surface area contributed by atoms with E-state index in [-0.39, 0.29) is 5.59 Å². The number of pyridine rings is 1. The number of carbonyl (C=O) groups excluding carboxylic acids is 1. The van der Waals surface area contributed by atoms with E-state index < -0.39 is 8.96 Å². The maximum Gasteiger partial charge on any atom is 0.288 e. The van der Waals surface area contributed by atoms with Crippen LogP contribution >= 0.6 is 0 Å². The average Bonchev–Trinajstić information content (AvgIpc) is 2.14. The number of ether oxygens (including phenoxy) is 1. The molecule has 4 nitrogen and oxygen atoms in total. The standard InChI is InChI=1S/C10H15N2O2Si/c1-7-4-9(5-8(2)12-7)6-15(11)10(13)14-3/h4-5H,6,11H2,1-3H3. The molecular formula is C10H15N2O2Si. The van der Waals surface area contributed by atoms with Crippen molar-refractivity contribution in [2.24, 2.45) is 5.40 Å². The normalized spacial score (nSPS) is 10.5. The van der Waals surface area contributed by atoms with Crippen LogP contribution in [0.1, 0.15) is 17.0 Å². The average molecular weight is 223 g/mol. The maximum atomic E-state index is 11.2. The highest BCUT2D eigenvalue weighted by Gasteiger charge is 2.18. The molecule has 0 aromatic carbocycles. The Hall–Kier alpha value is -1.20. The van der Waals surface area contributed by atoms with Crippen molar-refractivity contribution in [2.75, 3.05) is 7.11 Å². The number of methoxy groups -OCH3 is 1. The number of aryl methyl sites for hydroxylation is 2. The topological polar surface area (TPSA) is 65.2 Å². The smallest absolute Gasteiger partial charge is 0.288 e. The van der Waals surface area contributed by atoms with Gasteiger partial charge in [0.05, 0.1) is 7.11 Å². The van der Waals surface area contributed by atoms with Crippen LogP contribution in [0.15, 0.2) is 12.1 Å². The Morgan fingerprint density at radius 2 is 2.00 bits per heavy atom. The summed E-state index contributed by atoms with van der Waals surface area (Å²) in [6, 6.07) is 4.49. The molecule has 0 saturated carbocycles. The minimum absolute atomic E-state index is 0.285. The first-order valence-electron chi connectivity index (χ1n) is 4.66. The van der Waals surface area contributed by atoms with Gasteiger partial charge in [0.15, 0.2) is 0 Å². The van der Waals surface area contributed by atoms with E-state index in [1.54, 1.807) is 0 Å². The second kappa shape index (κ2) is 5.04. The van der Waals surface area contributed by atoms with Gasteiger partial charge in [0.25, 0.3) is 14.6 Å². The van der Waals surface area contributed by atoms with E-state index in [2.05, 4.69) is 9.72 Å². The Morgan fingerprint density at radius 3 is 2.47 bits per heavy atom. The molecule has 0 spiro atoms. The third-order valence-electron chi connectivity index (χ3n) is 1.98. The van der Waals surface area contributed by atoms with Crippen LogP contribution < -0.4 is 5.40 Å². The van der Waals surface area contributed by atoms with Crippen molar-refractivity contribution in [1.29, 1.82) is 0 Å². The van der Waals surface area contributed by atoms with Crippen molar-refractivity contribution in [3.05, 3.63) is 29.1 Å². The fourth-order valence-corrected chi connectivity index (χ4v) is 2.50. The molecule has 0 aliphatic rings. The van der Waals surface area contributed by atoms with E-state index >= 15 is 0 Å². The Labute approximate surface area is 91.1 Å². The monoisotopic (exact) mass is 223 g/mol. The number of hydrogen-bond acceptors (Lipinski definition) is 4. The Kier molecular flexibility index (Phi) is 3.99. The zero-order chi connectivity index (χ0) is 11.4. The summed E-state index contributed by atoms with van der Waals surface area (Å²) in [5.74, 6) is 0. The summed E-state index contributed by atoms with van der Waals surface area (Å²) in [6.07, 6.45) is 0. The molecule has 1 radical (unpaired) electrons. The van der Waals surface area contributed by atoms with E-state index in [4.69, 9.17) is 5.40 Å². The van der Waals surface area contributed by atoms with Crippen molar-refractivity contribution >= 4 is 14.6 Å². The molecule has 0 bridgehead atoms. The lowest BCUT2D eigenvalue weighted by molar-refractivity contribution is 0.196. The van der Waals surface area contributed by atoms with E-state index in [1.807, 2.05) is 26.0 Å². The van der Waals surface area contributed by atoms with Gasteiger partial charge in [-0.3, -0.25) is 9.78 Å². The van der Waals surface area contributed by atoms with Gasteiger partial charge in [-0.05, 0) is 37.6 Å². The van der Waals surface area contributed by atoms with E-state index in [0.29, 0.717) is 6.04 Å². The molecule has 0 saturated heterocycles. The molecule has 2 N–H and O–H groups in total. The molecule has 0 amide bonds. The van der Waals surface area contributed by atoms with Crippen LogP contribution in [0.5, 0.6) is 0 Å². The van der Waals surface area contributed by atoms with Gasteiger partial charge >= 0.3 is 0 Å². The summed E-state index contributed by atoms with van der Waals surface area (Å²) < 4.78 is 4.61. The summed E-state index contributed by atoms with van der Waals surface area (Å²) >= 11 is 0. The fourth-order valence-electron chi connectivity index (χ4n) is 1.45. The molecule has 0 atom stereocenters. The highest BCUT2D eigenvalue weighted by atomic mass is 28.3. The fraction of sp³-hybridized carbons (Fsp3) is 0.400. The lowest BCUT2D eigenvalue weighted by Gasteiger charge is -2.07. The third kappa shape index (κ3) is 3.45. The molecule has 15 heavy (non-hydrogen) atoms. The number of nitrogens with two attached hydrogens (primary N) is 1. The minimum Gasteiger partial charge on any atom is -0.472 e. The molecule has 81 valence electrons. The van der Waals surface area contributed by atoms with Crippen LogP contribution in [0.2, 0.25) is 0 Å². The quantitative estimate of drug-likeness (QED) is 0.779. The van der Waals surface area contributed by atoms with E-state index in [1.165, 1.54) is 7.11 Å². The van der Waals surface area contributed by atoms with Gasteiger partial charge in [-0.15, -0.1) is 0 Å². The lowest BCUT2D eigenvalue weighted by Crippen LogP contribution is -2.38. The lowest BCUT2D eigenvalue weighted by atomic mass is 10.2. The second-order valence-corrected chi connectivity index (χ2v) is 5.26. The SMILES string of the molecule is COC(=O)[Si](N)Cc1cc(C)nc(C)c1. The summed E-state index contributed by atoms with van der Waals surface area (Å²) in [4.78, 5) is 15.4. The largest absolute Gasteiger partial charge is 0.472 e. The van der Waals surface area contributed by atoms with Gasteiger partial charge < -0.3 is 10.1 Å². The van der Waals surface area contributed by atoms with Crippen LogP contribution in [0.25, 0.3) is 0 Å². The number of carbonyl (C=O) groups is 1. The summed E-state index contributed by atoms with van der Waals surface area (Å²) in [7, 11) is -0.228. The first kappa shape index (κ1) is 11.9. The van der Waals surface area contributed by atoms with Crippen molar-refractivity contribution in [2.45, 2.75) is 19.9 Å². The third-order valence-corrected chi connectivity index (χ3v) is 3.50. The predicted octanol–water partition coefficient (Wildman–Crippen LogP) is 1.08. The summed E-state index contributed by atoms with van der Waals surface area (Å²) in [5, 5.41) is 5.77. The molecule has 1 heterocycles. The number of rotatable bonds is 3. The number of aromatic nitrogens is 1. The van der Waals surface area contributed by atoms with Gasteiger partial charge in [-0.1, -0.05) is 0 Å². The summed E-state index contributed by atoms with van der Waals surface area (Å²) in [5.41, 5.74) is 2.67. The van der Waals surface area contributed by atoms with Crippen molar-refractivity contribution in [1.82, 2.24) is 4.98 Å². The number of nitrogens with zero attached hydrogens (tertiary/aromatic N) is 1. The first-order valence-corrected chi connectivity index (χ1v) is 6.45. The van der Waals surface area contributed by atoms with Crippen LogP contribution in [-0.2, 0) is 10.8 Å². The Balaban J connectivity index is 2.76. The minimum atomic E-state index is -1.59. The van der Waals surface area contributed by atoms with Crippen LogP contribution in [-0.4, -0.2) is 26.6 Å². The zero-order valence-corrected chi connectivity index (χ0v) is 10.2. The molecule has 1 rings (SSSR count). The molecule has 0 unspecified atom stereocenters. The molecule has 5 heteroatoms. The predicted molar refractivity (Wildman–Crippen MR) is 59.8 cm³/mol. The zero-order valence-electron chi connectivity index (χ0n) is 9.20. The van der Waals surface area contributed by atoms with Gasteiger partial charge in [-0.25, -0.2) is 0 Å². The highest BCUT2D eigenvalue weighted by Crippen LogP contribution is 2.06. The van der Waals surface area contributed by atoms with E-state index in [0.717, 1.165) is 17.0 Å². The Bertz CT molecular complexity index is 348. The molecule has 1 aromatic heterocycles. The molecule has 0 fully saturated rings. The molecule has 1 aromatic rings. The van der Waals surface area contributed by atoms with Gasteiger partial charge in [0.1, 0.15) is 0 Å². The second-order valence-electron chi connectivity index (χ2n) is 3.45. The number of hydrogen-bond donors (Lipinski definition) is 1. The van der Waals surface area contributed by atoms with Gasteiger partial charge in [0.2, 0.25) is 0 Å². The first-order chi connectivity index (χ1) is 7.02. The highest BCUT2D eigenvalue weighted by molar-refractivity contribution is 6.85. The van der Waals surface area contributed by atoms with Crippen molar-refractivity contribution in [3.63, 3.8) is 0 Å². The molecule has 0 aliphatic carbocycles. The van der Waals surface area contributed by atoms with Crippen molar-refractivity contribution in [3.8, 4) is 0 Å². The maximum absolute atomic E-state index is 11.2. The molecule has 0 aliphatic heterocycles. The Morgan fingerprint density at radius 1 is 1.47 bits per heavy atom. The summed E-state index contributed by atoms with van der Waals surface area (Å²) in [6.45, 7) is 3.86. The van der Waals surface area contributed by atoms with Gasteiger partial charge in [-0.2, -0.15) is 0 Å².